The number of methoxy groups -OCH3 is 1. The van der Waals surface area contributed by atoms with Crippen molar-refractivity contribution in [3.63, 3.8) is 0 Å². The lowest BCUT2D eigenvalue weighted by Gasteiger charge is -2.60. The highest BCUT2D eigenvalue weighted by molar-refractivity contribution is 6.18. The van der Waals surface area contributed by atoms with Crippen LogP contribution in [0.5, 0.6) is 0 Å². The van der Waals surface area contributed by atoms with Crippen molar-refractivity contribution in [1.82, 2.24) is 5.32 Å². The first-order chi connectivity index (χ1) is 23.5. The number of halogens is 2. The number of alkyl halides is 2. The summed E-state index contributed by atoms with van der Waals surface area (Å²) in [5, 5.41) is 2.69. The third kappa shape index (κ3) is 8.65. The Bertz CT molecular complexity index is 1280. The maximum Gasteiger partial charge on any atom is 0.328 e. The molecule has 1 N–H and O–H groups in total. The molecule has 9 atom stereocenters. The lowest BCUT2D eigenvalue weighted by Crippen LogP contribution is -2.70. The van der Waals surface area contributed by atoms with E-state index in [9.17, 15) is 14.4 Å². The molecule has 4 aliphatic heterocycles. The van der Waals surface area contributed by atoms with Crippen molar-refractivity contribution in [3.8, 4) is 0 Å². The molecule has 0 radical (unpaired) electrons. The highest BCUT2D eigenvalue weighted by atomic mass is 35.5. The van der Waals surface area contributed by atoms with Gasteiger partial charge in [0.25, 0.3) is 0 Å². The number of amides is 1. The summed E-state index contributed by atoms with van der Waals surface area (Å²) in [6.45, 7) is 7.66. The number of benzene rings is 1. The van der Waals surface area contributed by atoms with Crippen LogP contribution in [-0.2, 0) is 54.3 Å². The average molecular weight is 730 g/mol. The van der Waals surface area contributed by atoms with Gasteiger partial charge in [0.2, 0.25) is 11.7 Å². The molecule has 5 fully saturated rings. The Morgan fingerprint density at radius 2 is 1.73 bits per heavy atom. The monoisotopic (exact) mass is 728 g/mol. The Kier molecular flexibility index (Phi) is 13.1. The predicted molar refractivity (Wildman–Crippen MR) is 181 cm³/mol. The van der Waals surface area contributed by atoms with Crippen molar-refractivity contribution in [2.24, 2.45) is 23.7 Å². The normalized spacial score (nSPS) is 32.4. The van der Waals surface area contributed by atoms with Crippen LogP contribution in [0.3, 0.4) is 0 Å². The molecular weight excluding hydrogens is 679 g/mol. The van der Waals surface area contributed by atoms with Crippen LogP contribution >= 0.6 is 23.2 Å². The summed E-state index contributed by atoms with van der Waals surface area (Å²) in [4.78, 5) is 51.8. The van der Waals surface area contributed by atoms with Gasteiger partial charge in [0.05, 0.1) is 20.1 Å². The molecular formula is C35H50Cl2N2O10. The van der Waals surface area contributed by atoms with E-state index in [0.29, 0.717) is 30.8 Å². The molecule has 4 saturated heterocycles. The molecule has 1 aromatic carbocycles. The fourth-order valence-electron chi connectivity index (χ4n) is 7.92. The fourth-order valence-corrected chi connectivity index (χ4v) is 8.33. The average Bonchev–Trinajstić information content (AvgIpc) is 3.33. The largest absolute Gasteiger partial charge is 0.467 e. The molecule has 1 spiro atoms. The van der Waals surface area contributed by atoms with Gasteiger partial charge in [-0.25, -0.2) is 14.6 Å². The topological polar surface area (TPSA) is 131 Å². The second-order valence-electron chi connectivity index (χ2n) is 13.7. The highest BCUT2D eigenvalue weighted by Gasteiger charge is 2.69. The van der Waals surface area contributed by atoms with Crippen molar-refractivity contribution in [1.29, 1.82) is 0 Å². The minimum atomic E-state index is -0.916. The van der Waals surface area contributed by atoms with Crippen molar-refractivity contribution >= 4 is 46.7 Å². The van der Waals surface area contributed by atoms with Crippen molar-refractivity contribution in [2.45, 2.75) is 95.7 Å². The minimum Gasteiger partial charge on any atom is -0.467 e. The standard InChI is InChI=1S/C35H50Cl2N2O10/c1-22-5-10-27-23(2)32(46-33-35(27)26(22)13-14-34(3,47-33)48-49-35)45-20-19-44-30(41)12-11-29(40)38-28(31(42)43-4)21-24-6-8-25(9-7-24)39(17-15-36)18-16-37/h6-9,22-23,26-28,32-33H,5,10-21H2,1-4H3,(H,38,40)/t22-,23-,26+,27+,28+,32-,33-,34-,35-/m1/s1. The van der Waals surface area contributed by atoms with Crippen LogP contribution in [0.15, 0.2) is 24.3 Å². The number of rotatable bonds is 16. The molecule has 1 aliphatic carbocycles. The number of esters is 2. The maximum atomic E-state index is 12.7. The van der Waals surface area contributed by atoms with E-state index in [1.54, 1.807) is 0 Å². The summed E-state index contributed by atoms with van der Waals surface area (Å²) in [5.74, 6) is -0.684. The van der Waals surface area contributed by atoms with Crippen LogP contribution in [0.2, 0.25) is 0 Å². The summed E-state index contributed by atoms with van der Waals surface area (Å²) in [7, 11) is 1.26. The second kappa shape index (κ2) is 16.9. The Morgan fingerprint density at radius 1 is 1.00 bits per heavy atom. The molecule has 2 bridgehead atoms. The zero-order valence-corrected chi connectivity index (χ0v) is 30.3. The van der Waals surface area contributed by atoms with E-state index in [-0.39, 0.29) is 50.2 Å². The summed E-state index contributed by atoms with van der Waals surface area (Å²) >= 11 is 11.8. The van der Waals surface area contributed by atoms with Crippen LogP contribution in [0.1, 0.15) is 64.9 Å². The van der Waals surface area contributed by atoms with Gasteiger partial charge in [-0.05, 0) is 55.7 Å². The first-order valence-electron chi connectivity index (χ1n) is 17.3. The van der Waals surface area contributed by atoms with Gasteiger partial charge in [0, 0.05) is 61.6 Å². The maximum absolute atomic E-state index is 12.7. The Labute approximate surface area is 298 Å². The molecule has 1 saturated carbocycles. The van der Waals surface area contributed by atoms with Gasteiger partial charge in [-0.1, -0.05) is 26.0 Å². The van der Waals surface area contributed by atoms with Crippen LogP contribution in [0, 0.1) is 23.7 Å². The van der Waals surface area contributed by atoms with Crippen molar-refractivity contribution < 1.29 is 47.8 Å². The van der Waals surface area contributed by atoms with Crippen molar-refractivity contribution in [2.75, 3.05) is 50.1 Å². The Morgan fingerprint density at radius 3 is 2.43 bits per heavy atom. The predicted octanol–water partition coefficient (Wildman–Crippen LogP) is 4.72. The smallest absolute Gasteiger partial charge is 0.328 e. The van der Waals surface area contributed by atoms with Gasteiger partial charge in [-0.3, -0.25) is 9.59 Å². The van der Waals surface area contributed by atoms with Crippen molar-refractivity contribution in [3.05, 3.63) is 29.8 Å². The van der Waals surface area contributed by atoms with E-state index in [1.165, 1.54) is 7.11 Å². The molecule has 49 heavy (non-hydrogen) atoms. The van der Waals surface area contributed by atoms with Gasteiger partial charge < -0.3 is 33.9 Å². The zero-order valence-electron chi connectivity index (χ0n) is 28.8. The Balaban J connectivity index is 1.06. The van der Waals surface area contributed by atoms with E-state index in [2.05, 4.69) is 24.1 Å². The second-order valence-corrected chi connectivity index (χ2v) is 14.5. The van der Waals surface area contributed by atoms with Gasteiger partial charge in [-0.15, -0.1) is 23.2 Å². The quantitative estimate of drug-likeness (QED) is 0.110. The molecule has 1 aromatic rings. The fraction of sp³-hybridized carbons (Fsp3) is 0.743. The number of carbonyl (C=O) groups excluding carboxylic acids is 3. The molecule has 14 heteroatoms. The molecule has 5 aliphatic rings. The Hall–Kier alpha value is -2.19. The number of nitrogens with zero attached hydrogens (tertiary/aromatic N) is 1. The summed E-state index contributed by atoms with van der Waals surface area (Å²) < 4.78 is 29.1. The van der Waals surface area contributed by atoms with Gasteiger partial charge >= 0.3 is 11.9 Å². The number of carbonyl (C=O) groups is 3. The van der Waals surface area contributed by atoms with E-state index in [1.807, 2.05) is 31.2 Å². The van der Waals surface area contributed by atoms with Gasteiger partial charge in [-0.2, -0.15) is 0 Å². The van der Waals surface area contributed by atoms with Crippen LogP contribution in [-0.4, -0.2) is 93.0 Å². The number of anilines is 1. The number of ether oxygens (including phenoxy) is 5. The third-order valence-corrected chi connectivity index (χ3v) is 10.9. The zero-order chi connectivity index (χ0) is 35.2. The molecule has 1 amide bonds. The third-order valence-electron chi connectivity index (χ3n) is 10.6. The van der Waals surface area contributed by atoms with E-state index in [0.717, 1.165) is 36.9 Å². The number of fused-ring (bicyclic) bond motifs is 2. The van der Waals surface area contributed by atoms with Crippen LogP contribution < -0.4 is 10.2 Å². The van der Waals surface area contributed by atoms with E-state index in [4.69, 9.17) is 56.7 Å². The van der Waals surface area contributed by atoms with Crippen LogP contribution in [0.4, 0.5) is 5.69 Å². The summed E-state index contributed by atoms with van der Waals surface area (Å²) in [6.07, 6.45) is 2.45. The van der Waals surface area contributed by atoms with E-state index < -0.39 is 47.9 Å². The minimum absolute atomic E-state index is 0.000649. The summed E-state index contributed by atoms with van der Waals surface area (Å²) in [6, 6.07) is 6.69. The van der Waals surface area contributed by atoms with Gasteiger partial charge in [0.15, 0.2) is 18.2 Å². The van der Waals surface area contributed by atoms with Gasteiger partial charge in [0.1, 0.15) is 12.6 Å². The number of hydrogen-bond acceptors (Lipinski definition) is 11. The lowest BCUT2D eigenvalue weighted by atomic mass is 9.58. The summed E-state index contributed by atoms with van der Waals surface area (Å²) in [5.41, 5.74) is 1.11. The molecule has 4 heterocycles. The van der Waals surface area contributed by atoms with E-state index >= 15 is 0 Å². The molecule has 0 unspecified atom stereocenters. The number of nitrogens with one attached hydrogen (secondary N) is 1. The number of hydrogen-bond donors (Lipinski definition) is 1. The molecule has 0 aromatic heterocycles. The first-order valence-corrected chi connectivity index (χ1v) is 18.4. The lowest BCUT2D eigenvalue weighted by molar-refractivity contribution is -0.577. The molecule has 274 valence electrons. The highest BCUT2D eigenvalue weighted by Crippen LogP contribution is 2.60. The first kappa shape index (κ1) is 38.1. The van der Waals surface area contributed by atoms with Crippen LogP contribution in [0.25, 0.3) is 0 Å². The molecule has 12 nitrogen and oxygen atoms in total. The molecule has 6 rings (SSSR count). The SMILES string of the molecule is COC(=O)[C@H](Cc1ccc(N(CCCl)CCCl)cc1)NC(=O)CCC(=O)OCCO[C@@H]1O[C@@H]2O[C@@]3(C)CC[C@H]4[C@H](C)CC[C@@H]([C@H]1C)[C@@]24OO3.